The van der Waals surface area contributed by atoms with Crippen molar-refractivity contribution in [2.24, 2.45) is 17.3 Å². The molecular weight excluding hydrogens is 254 g/mol. The molecule has 104 valence electrons. The normalized spacial score (nSPS) is 26.6. The van der Waals surface area contributed by atoms with Crippen molar-refractivity contribution in [1.82, 2.24) is 4.90 Å². The Bertz CT molecular complexity index is 567. The summed E-state index contributed by atoms with van der Waals surface area (Å²) in [6, 6.07) is 9.36. The lowest BCUT2D eigenvalue weighted by molar-refractivity contribution is -0.145. The van der Waals surface area contributed by atoms with Gasteiger partial charge in [0, 0.05) is 6.42 Å². The number of benzene rings is 1. The van der Waals surface area contributed by atoms with Gasteiger partial charge in [0.05, 0.1) is 18.4 Å². The van der Waals surface area contributed by atoms with E-state index in [4.69, 9.17) is 0 Å². The zero-order valence-electron chi connectivity index (χ0n) is 11.6. The third-order valence-corrected chi connectivity index (χ3v) is 4.47. The second-order valence-corrected chi connectivity index (χ2v) is 6.24. The third-order valence-electron chi connectivity index (χ3n) is 4.47. The van der Waals surface area contributed by atoms with Gasteiger partial charge in [-0.1, -0.05) is 44.2 Å². The number of ketones is 1. The van der Waals surface area contributed by atoms with Gasteiger partial charge < -0.3 is 0 Å². The van der Waals surface area contributed by atoms with E-state index in [0.29, 0.717) is 0 Å². The Hall–Kier alpha value is -1.97. The molecule has 2 unspecified atom stereocenters. The molecule has 1 saturated heterocycles. The lowest BCUT2D eigenvalue weighted by Crippen LogP contribution is -2.40. The van der Waals surface area contributed by atoms with E-state index in [-0.39, 0.29) is 47.8 Å². The summed E-state index contributed by atoms with van der Waals surface area (Å²) in [5, 5.41) is 0. The minimum Gasteiger partial charge on any atom is -0.297 e. The maximum atomic E-state index is 12.1. The zero-order valence-corrected chi connectivity index (χ0v) is 11.6. The molecule has 1 saturated carbocycles. The van der Waals surface area contributed by atoms with Crippen LogP contribution in [0.4, 0.5) is 0 Å². The zero-order chi connectivity index (χ0) is 14.5. The van der Waals surface area contributed by atoms with Crippen LogP contribution in [0.1, 0.15) is 19.4 Å². The SMILES string of the molecule is CC1(C)C2C(=O)N(CC(=O)Cc3ccccc3)C(=O)C21. The maximum absolute atomic E-state index is 12.1. The molecule has 0 bridgehead atoms. The highest BCUT2D eigenvalue weighted by atomic mass is 16.2. The molecule has 4 heteroatoms. The highest BCUT2D eigenvalue weighted by Gasteiger charge is 2.72. The minimum absolute atomic E-state index is 0.0877. The molecule has 1 aliphatic carbocycles. The van der Waals surface area contributed by atoms with E-state index >= 15 is 0 Å². The molecule has 4 nitrogen and oxygen atoms in total. The first-order valence-electron chi connectivity index (χ1n) is 6.84. The molecule has 0 N–H and O–H groups in total. The second-order valence-electron chi connectivity index (χ2n) is 6.24. The van der Waals surface area contributed by atoms with E-state index in [1.54, 1.807) is 0 Å². The fraction of sp³-hybridized carbons (Fsp3) is 0.438. The number of amides is 2. The van der Waals surface area contributed by atoms with E-state index in [9.17, 15) is 14.4 Å². The Morgan fingerprint density at radius 2 is 1.65 bits per heavy atom. The highest BCUT2D eigenvalue weighted by molar-refractivity contribution is 6.12. The molecule has 0 radical (unpaired) electrons. The minimum atomic E-state index is -0.215. The second kappa shape index (κ2) is 4.27. The summed E-state index contributed by atoms with van der Waals surface area (Å²) < 4.78 is 0. The Balaban J connectivity index is 1.64. The molecule has 1 aromatic rings. The van der Waals surface area contributed by atoms with Crippen LogP contribution >= 0.6 is 0 Å². The van der Waals surface area contributed by atoms with Crippen molar-refractivity contribution in [2.45, 2.75) is 20.3 Å². The van der Waals surface area contributed by atoms with Gasteiger partial charge in [-0.15, -0.1) is 0 Å². The monoisotopic (exact) mass is 271 g/mol. The average molecular weight is 271 g/mol. The van der Waals surface area contributed by atoms with Crippen molar-refractivity contribution in [3.05, 3.63) is 35.9 Å². The Morgan fingerprint density at radius 3 is 2.20 bits per heavy atom. The first kappa shape index (κ1) is 13.0. The van der Waals surface area contributed by atoms with Crippen molar-refractivity contribution >= 4 is 17.6 Å². The fourth-order valence-corrected chi connectivity index (χ4v) is 3.22. The van der Waals surface area contributed by atoms with Crippen LogP contribution in [-0.4, -0.2) is 29.0 Å². The van der Waals surface area contributed by atoms with Crippen LogP contribution in [0.2, 0.25) is 0 Å². The number of nitrogens with zero attached hydrogens (tertiary/aromatic N) is 1. The number of carbonyl (C=O) groups is 3. The summed E-state index contributed by atoms with van der Waals surface area (Å²) >= 11 is 0. The van der Waals surface area contributed by atoms with Crippen molar-refractivity contribution in [3.8, 4) is 0 Å². The fourth-order valence-electron chi connectivity index (χ4n) is 3.22. The molecule has 0 aromatic heterocycles. The van der Waals surface area contributed by atoms with Crippen LogP contribution in [-0.2, 0) is 20.8 Å². The van der Waals surface area contributed by atoms with Gasteiger partial charge in [-0.2, -0.15) is 0 Å². The lowest BCUT2D eigenvalue weighted by atomic mass is 10.0. The number of Topliss-reactive ketones (excluding diaryl/α,β-unsaturated/α-hetero) is 1. The van der Waals surface area contributed by atoms with Crippen LogP contribution in [0, 0.1) is 17.3 Å². The number of carbonyl (C=O) groups excluding carboxylic acids is 3. The average Bonchev–Trinajstić information content (AvgIpc) is 2.88. The van der Waals surface area contributed by atoms with Gasteiger partial charge in [-0.25, -0.2) is 0 Å². The van der Waals surface area contributed by atoms with E-state index in [1.165, 1.54) is 0 Å². The van der Waals surface area contributed by atoms with Crippen LogP contribution in [0.5, 0.6) is 0 Å². The number of likely N-dealkylation sites (tertiary alicyclic amines) is 1. The Morgan fingerprint density at radius 1 is 1.10 bits per heavy atom. The van der Waals surface area contributed by atoms with E-state index in [2.05, 4.69) is 0 Å². The summed E-state index contributed by atoms with van der Waals surface area (Å²) in [5.41, 5.74) is 0.690. The topological polar surface area (TPSA) is 54.5 Å². The summed E-state index contributed by atoms with van der Waals surface area (Å²) in [5.74, 6) is -0.867. The smallest absolute Gasteiger partial charge is 0.234 e. The summed E-state index contributed by atoms with van der Waals surface area (Å²) in [4.78, 5) is 37.4. The van der Waals surface area contributed by atoms with Gasteiger partial charge in [0.15, 0.2) is 5.78 Å². The van der Waals surface area contributed by atoms with Crippen molar-refractivity contribution in [3.63, 3.8) is 0 Å². The summed E-state index contributed by atoms with van der Waals surface area (Å²) in [6.07, 6.45) is 0.261. The largest absolute Gasteiger partial charge is 0.297 e. The van der Waals surface area contributed by atoms with Gasteiger partial charge in [-0.05, 0) is 11.0 Å². The van der Waals surface area contributed by atoms with Crippen molar-refractivity contribution in [2.75, 3.05) is 6.54 Å². The van der Waals surface area contributed by atoms with Crippen LogP contribution in [0.25, 0.3) is 0 Å². The molecule has 2 aliphatic rings. The van der Waals surface area contributed by atoms with Crippen molar-refractivity contribution < 1.29 is 14.4 Å². The molecule has 0 spiro atoms. The predicted octanol–water partition coefficient (Wildman–Crippen LogP) is 1.44. The molecule has 20 heavy (non-hydrogen) atoms. The van der Waals surface area contributed by atoms with Crippen molar-refractivity contribution in [1.29, 1.82) is 0 Å². The van der Waals surface area contributed by atoms with E-state index < -0.39 is 0 Å². The summed E-state index contributed by atoms with van der Waals surface area (Å²) in [7, 11) is 0. The van der Waals surface area contributed by atoms with Gasteiger partial charge in [0.2, 0.25) is 11.8 Å². The van der Waals surface area contributed by atoms with Crippen LogP contribution in [0.3, 0.4) is 0 Å². The third kappa shape index (κ3) is 1.87. The molecule has 2 amide bonds. The van der Waals surface area contributed by atoms with E-state index in [0.717, 1.165) is 10.5 Å². The van der Waals surface area contributed by atoms with Gasteiger partial charge in [0.25, 0.3) is 0 Å². The number of hydrogen-bond donors (Lipinski definition) is 0. The maximum Gasteiger partial charge on any atom is 0.234 e. The number of rotatable bonds is 4. The molecule has 2 atom stereocenters. The number of hydrogen-bond acceptors (Lipinski definition) is 3. The molecule has 1 aromatic carbocycles. The quantitative estimate of drug-likeness (QED) is 0.779. The number of imide groups is 1. The first-order valence-corrected chi connectivity index (χ1v) is 6.84. The van der Waals surface area contributed by atoms with Crippen LogP contribution in [0.15, 0.2) is 30.3 Å². The molecule has 3 rings (SSSR count). The summed E-state index contributed by atoms with van der Waals surface area (Å²) in [6.45, 7) is 3.78. The van der Waals surface area contributed by atoms with Crippen LogP contribution < -0.4 is 0 Å². The first-order chi connectivity index (χ1) is 9.43. The highest BCUT2D eigenvalue weighted by Crippen LogP contribution is 2.63. The molecule has 2 fully saturated rings. The Labute approximate surface area is 117 Å². The van der Waals surface area contributed by atoms with E-state index in [1.807, 2.05) is 44.2 Å². The molecule has 1 heterocycles. The predicted molar refractivity (Wildman–Crippen MR) is 72.6 cm³/mol. The van der Waals surface area contributed by atoms with Gasteiger partial charge in [-0.3, -0.25) is 19.3 Å². The molecule has 1 aliphatic heterocycles. The standard InChI is InChI=1S/C16H17NO3/c1-16(2)12-13(16)15(20)17(14(12)19)9-11(18)8-10-6-4-3-5-7-10/h3-7,12-13H,8-9H2,1-2H3. The Kier molecular flexibility index (Phi) is 2.78. The van der Waals surface area contributed by atoms with Gasteiger partial charge >= 0.3 is 0 Å². The number of fused-ring (bicyclic) bond motifs is 1. The molecular formula is C16H17NO3. The lowest BCUT2D eigenvalue weighted by Gasteiger charge is -2.19. The number of piperidine rings is 1. The van der Waals surface area contributed by atoms with Gasteiger partial charge in [0.1, 0.15) is 0 Å².